The minimum atomic E-state index is -1.25. The molecule has 1 aliphatic rings. The lowest BCUT2D eigenvalue weighted by Gasteiger charge is -2.21. The Morgan fingerprint density at radius 1 is 1.08 bits per heavy atom. The number of fused-ring (bicyclic) bond motifs is 1. The molecule has 8 nitrogen and oxygen atoms in total. The Morgan fingerprint density at radius 3 is 2.60 bits per heavy atom. The van der Waals surface area contributed by atoms with Crippen LogP contribution in [0.15, 0.2) is 48.9 Å². The minimum Gasteiger partial charge on any atom is -0.387 e. The number of hydrogen-bond acceptors (Lipinski definition) is 7. The van der Waals surface area contributed by atoms with Gasteiger partial charge in [0, 0.05) is 6.20 Å². The molecule has 0 amide bonds. The van der Waals surface area contributed by atoms with E-state index in [2.05, 4.69) is 9.97 Å². The molecule has 5 atom stereocenters. The Kier molecular flexibility index (Phi) is 3.89. The van der Waals surface area contributed by atoms with Crippen molar-refractivity contribution < 1.29 is 20.1 Å². The normalized spacial score (nSPS) is 27.6. The van der Waals surface area contributed by atoms with E-state index in [9.17, 15) is 15.3 Å². The van der Waals surface area contributed by atoms with Gasteiger partial charge in [-0.25, -0.2) is 9.97 Å². The van der Waals surface area contributed by atoms with Crippen molar-refractivity contribution in [2.45, 2.75) is 30.6 Å². The number of nitrogens with zero attached hydrogens (tertiary/aromatic N) is 3. The molecule has 1 unspecified atom stereocenters. The second-order valence-corrected chi connectivity index (χ2v) is 6.05. The molecule has 8 heteroatoms. The van der Waals surface area contributed by atoms with E-state index in [1.807, 2.05) is 6.07 Å². The van der Waals surface area contributed by atoms with E-state index in [4.69, 9.17) is 10.5 Å². The highest BCUT2D eigenvalue weighted by atomic mass is 16.6. The number of aromatic nitrogens is 3. The van der Waals surface area contributed by atoms with Crippen LogP contribution in [-0.2, 0) is 4.74 Å². The number of ether oxygens (including phenoxy) is 1. The second kappa shape index (κ2) is 6.08. The first kappa shape index (κ1) is 16.0. The number of nitrogen functional groups attached to an aromatic ring is 1. The summed E-state index contributed by atoms with van der Waals surface area (Å²) in [6.07, 6.45) is -2.44. The molecule has 4 rings (SSSR count). The van der Waals surface area contributed by atoms with E-state index in [0.29, 0.717) is 22.4 Å². The Hall–Kier alpha value is -2.52. The molecule has 3 aromatic rings. The molecule has 0 aliphatic carbocycles. The first-order valence-electron chi connectivity index (χ1n) is 7.89. The lowest BCUT2D eigenvalue weighted by Crippen LogP contribution is -2.34. The van der Waals surface area contributed by atoms with E-state index in [-0.39, 0.29) is 0 Å². The summed E-state index contributed by atoms with van der Waals surface area (Å²) in [5, 5.41) is 32.0. The molecule has 1 aromatic carbocycles. The van der Waals surface area contributed by atoms with Crippen molar-refractivity contribution in [2.75, 3.05) is 5.73 Å². The van der Waals surface area contributed by atoms with Crippen LogP contribution in [0.3, 0.4) is 0 Å². The van der Waals surface area contributed by atoms with Gasteiger partial charge in [-0.2, -0.15) is 0 Å². The van der Waals surface area contributed by atoms with Crippen molar-refractivity contribution in [3.8, 4) is 0 Å². The predicted octanol–water partition coefficient (Wildman–Crippen LogP) is 0.366. The number of aliphatic hydroxyl groups excluding tert-OH is 3. The van der Waals surface area contributed by atoms with Crippen molar-refractivity contribution in [3.63, 3.8) is 0 Å². The maximum absolute atomic E-state index is 10.5. The molecule has 3 heterocycles. The maximum Gasteiger partial charge on any atom is 0.164 e. The summed E-state index contributed by atoms with van der Waals surface area (Å²) in [5.74, 6) is 0.317. The van der Waals surface area contributed by atoms with Crippen LogP contribution in [0, 0.1) is 0 Å². The third-order valence-electron chi connectivity index (χ3n) is 4.54. The van der Waals surface area contributed by atoms with E-state index in [1.54, 1.807) is 41.1 Å². The van der Waals surface area contributed by atoms with Crippen LogP contribution in [0.25, 0.3) is 11.0 Å². The molecule has 0 spiro atoms. The first-order chi connectivity index (χ1) is 12.1. The highest BCUT2D eigenvalue weighted by Crippen LogP contribution is 2.37. The molecule has 0 saturated carbocycles. The smallest absolute Gasteiger partial charge is 0.164 e. The van der Waals surface area contributed by atoms with Gasteiger partial charge < -0.3 is 30.4 Å². The highest BCUT2D eigenvalue weighted by molar-refractivity contribution is 5.86. The fourth-order valence-electron chi connectivity index (χ4n) is 3.21. The molecule has 130 valence electrons. The number of nitrogens with two attached hydrogens (primary N) is 1. The van der Waals surface area contributed by atoms with Crippen molar-refractivity contribution in [3.05, 3.63) is 54.5 Å². The number of rotatable bonds is 3. The van der Waals surface area contributed by atoms with Gasteiger partial charge in [-0.05, 0) is 11.6 Å². The van der Waals surface area contributed by atoms with Crippen LogP contribution in [-0.4, -0.2) is 48.2 Å². The summed E-state index contributed by atoms with van der Waals surface area (Å²) < 4.78 is 7.39. The molecule has 1 aliphatic heterocycles. The van der Waals surface area contributed by atoms with Gasteiger partial charge in [0.15, 0.2) is 6.23 Å². The number of hydrogen-bond donors (Lipinski definition) is 4. The Morgan fingerprint density at radius 2 is 1.84 bits per heavy atom. The average Bonchev–Trinajstić information content (AvgIpc) is 3.18. The lowest BCUT2D eigenvalue weighted by molar-refractivity contribution is -0.0848. The maximum atomic E-state index is 10.5. The van der Waals surface area contributed by atoms with Crippen LogP contribution >= 0.6 is 0 Å². The van der Waals surface area contributed by atoms with Gasteiger partial charge >= 0.3 is 0 Å². The summed E-state index contributed by atoms with van der Waals surface area (Å²) in [5.41, 5.74) is 6.91. The molecule has 2 aromatic heterocycles. The predicted molar refractivity (Wildman–Crippen MR) is 89.3 cm³/mol. The number of anilines is 1. The quantitative estimate of drug-likeness (QED) is 0.541. The third kappa shape index (κ3) is 2.56. The van der Waals surface area contributed by atoms with Crippen molar-refractivity contribution in [1.82, 2.24) is 14.5 Å². The van der Waals surface area contributed by atoms with Gasteiger partial charge in [0.25, 0.3) is 0 Å². The van der Waals surface area contributed by atoms with Crippen molar-refractivity contribution in [1.29, 1.82) is 0 Å². The van der Waals surface area contributed by atoms with E-state index in [1.165, 1.54) is 6.33 Å². The van der Waals surface area contributed by atoms with Crippen LogP contribution < -0.4 is 5.73 Å². The molecular weight excluding hydrogens is 324 g/mol. The van der Waals surface area contributed by atoms with Gasteiger partial charge in [0.2, 0.25) is 0 Å². The summed E-state index contributed by atoms with van der Waals surface area (Å²) in [6.45, 7) is 0. The van der Waals surface area contributed by atoms with Gasteiger partial charge in [-0.15, -0.1) is 0 Å². The fourth-order valence-corrected chi connectivity index (χ4v) is 3.21. The Balaban J connectivity index is 1.67. The number of aliphatic hydroxyl groups is 3. The van der Waals surface area contributed by atoms with Crippen molar-refractivity contribution in [2.24, 2.45) is 0 Å². The largest absolute Gasteiger partial charge is 0.387 e. The standard InChI is InChI=1S/C17H18N4O4/c18-15-10-6-7-21(16(10)20-8-19-15)17-13(24)12(23)14(25-17)11(22)9-4-2-1-3-5-9/h1-8,11-14,17,22-24H,(H2,18,19,20)/t11?,12-,13+,14+,17+/m0/s1. The summed E-state index contributed by atoms with van der Waals surface area (Å²) >= 11 is 0. The number of benzene rings is 1. The lowest BCUT2D eigenvalue weighted by atomic mass is 9.99. The zero-order valence-corrected chi connectivity index (χ0v) is 13.2. The molecule has 0 bridgehead atoms. The minimum absolute atomic E-state index is 0.317. The van der Waals surface area contributed by atoms with Gasteiger partial charge in [0.1, 0.15) is 42.2 Å². The summed E-state index contributed by atoms with van der Waals surface area (Å²) in [7, 11) is 0. The topological polar surface area (TPSA) is 127 Å². The van der Waals surface area contributed by atoms with E-state index < -0.39 is 30.6 Å². The van der Waals surface area contributed by atoms with Gasteiger partial charge in [0.05, 0.1) is 5.39 Å². The van der Waals surface area contributed by atoms with Crippen LogP contribution in [0.5, 0.6) is 0 Å². The summed E-state index contributed by atoms with van der Waals surface area (Å²) in [6, 6.07) is 10.6. The molecule has 0 radical (unpaired) electrons. The Bertz CT molecular complexity index is 885. The molecule has 25 heavy (non-hydrogen) atoms. The van der Waals surface area contributed by atoms with E-state index in [0.717, 1.165) is 0 Å². The van der Waals surface area contributed by atoms with Gasteiger partial charge in [-0.1, -0.05) is 30.3 Å². The molecular formula is C17H18N4O4. The highest BCUT2D eigenvalue weighted by Gasteiger charge is 2.47. The van der Waals surface area contributed by atoms with Crippen LogP contribution in [0.1, 0.15) is 17.9 Å². The second-order valence-electron chi connectivity index (χ2n) is 6.05. The average molecular weight is 342 g/mol. The molecule has 5 N–H and O–H groups in total. The fraction of sp³-hybridized carbons (Fsp3) is 0.294. The van der Waals surface area contributed by atoms with Crippen LogP contribution in [0.2, 0.25) is 0 Å². The van der Waals surface area contributed by atoms with Crippen molar-refractivity contribution >= 4 is 16.9 Å². The first-order valence-corrected chi connectivity index (χ1v) is 7.89. The third-order valence-corrected chi connectivity index (χ3v) is 4.54. The Labute approximate surface area is 143 Å². The monoisotopic (exact) mass is 342 g/mol. The van der Waals surface area contributed by atoms with Gasteiger partial charge in [-0.3, -0.25) is 0 Å². The SMILES string of the molecule is Nc1ncnc2c1ccn2[C@@H]1O[C@H](C(O)c2ccccc2)[C@@H](O)[C@H]1O. The van der Waals surface area contributed by atoms with E-state index >= 15 is 0 Å². The molecule has 1 fully saturated rings. The summed E-state index contributed by atoms with van der Waals surface area (Å²) in [4.78, 5) is 8.10. The zero-order chi connectivity index (χ0) is 17.6. The van der Waals surface area contributed by atoms with Crippen LogP contribution in [0.4, 0.5) is 5.82 Å². The zero-order valence-electron chi connectivity index (χ0n) is 13.2. The molecule has 1 saturated heterocycles.